The van der Waals surface area contributed by atoms with E-state index in [1.807, 2.05) is 12.1 Å². The quantitative estimate of drug-likeness (QED) is 0.674. The van der Waals surface area contributed by atoms with Crippen LogP contribution in [0, 0.1) is 0 Å². The van der Waals surface area contributed by atoms with Crippen molar-refractivity contribution in [3.8, 4) is 17.0 Å². The number of nitrogens with zero attached hydrogens (tertiary/aromatic N) is 1. The van der Waals surface area contributed by atoms with Gasteiger partial charge in [0.1, 0.15) is 5.75 Å². The minimum absolute atomic E-state index is 0.236. The molecule has 1 aromatic heterocycles. The Hall–Kier alpha value is -2.56. The second kappa shape index (κ2) is 7.55. The van der Waals surface area contributed by atoms with Crippen LogP contribution in [0.1, 0.15) is 10.4 Å². The second-order valence-electron chi connectivity index (χ2n) is 5.21. The molecule has 2 aromatic carbocycles. The van der Waals surface area contributed by atoms with Crippen molar-refractivity contribution in [1.29, 1.82) is 0 Å². The number of ether oxygens (including phenoxy) is 1. The fraction of sp³-hybridized carbons (Fsp3) is 0.0526. The third-order valence-electron chi connectivity index (χ3n) is 3.59. The van der Waals surface area contributed by atoms with Gasteiger partial charge in [-0.05, 0) is 42.5 Å². The summed E-state index contributed by atoms with van der Waals surface area (Å²) in [6.45, 7) is 0. The molecule has 0 unspecified atom stereocenters. The molecular weight excluding hydrogens is 359 g/mol. The molecule has 0 saturated carbocycles. The zero-order valence-corrected chi connectivity index (χ0v) is 14.8. The molecule has 0 aliphatic heterocycles. The summed E-state index contributed by atoms with van der Waals surface area (Å²) in [6, 6.07) is 15.7. The number of pyridine rings is 1. The van der Waals surface area contributed by atoms with Crippen molar-refractivity contribution in [2.45, 2.75) is 0 Å². The van der Waals surface area contributed by atoms with E-state index < -0.39 is 0 Å². The highest BCUT2D eigenvalue weighted by Crippen LogP contribution is 2.28. The molecule has 126 valence electrons. The summed E-state index contributed by atoms with van der Waals surface area (Å²) in [6.07, 6.45) is 1.68. The molecule has 6 heteroatoms. The predicted molar refractivity (Wildman–Crippen MR) is 101 cm³/mol. The summed E-state index contributed by atoms with van der Waals surface area (Å²) in [5.41, 5.74) is 2.63. The first-order valence-electron chi connectivity index (χ1n) is 7.44. The number of hydrogen-bond donors (Lipinski definition) is 1. The maximum absolute atomic E-state index is 12.4. The van der Waals surface area contributed by atoms with Gasteiger partial charge >= 0.3 is 0 Å². The number of anilines is 1. The van der Waals surface area contributed by atoms with E-state index in [0.29, 0.717) is 32.7 Å². The molecule has 1 N–H and O–H groups in total. The number of rotatable bonds is 4. The molecule has 4 nitrogen and oxygen atoms in total. The monoisotopic (exact) mass is 372 g/mol. The number of halogens is 2. The zero-order valence-electron chi connectivity index (χ0n) is 13.3. The Balaban J connectivity index is 1.77. The Morgan fingerprint density at radius 1 is 1.04 bits per heavy atom. The first kappa shape index (κ1) is 17.3. The predicted octanol–water partition coefficient (Wildman–Crippen LogP) is 5.32. The summed E-state index contributed by atoms with van der Waals surface area (Å²) in [5.74, 6) is 0.316. The van der Waals surface area contributed by atoms with Crippen LogP contribution in [0.3, 0.4) is 0 Å². The van der Waals surface area contributed by atoms with Gasteiger partial charge in [0, 0.05) is 23.0 Å². The number of benzene rings is 2. The van der Waals surface area contributed by atoms with Crippen molar-refractivity contribution in [3.05, 3.63) is 76.4 Å². The maximum Gasteiger partial charge on any atom is 0.255 e. The minimum Gasteiger partial charge on any atom is -0.495 e. The van der Waals surface area contributed by atoms with E-state index in [1.165, 1.54) is 7.11 Å². The molecule has 25 heavy (non-hydrogen) atoms. The Morgan fingerprint density at radius 3 is 2.44 bits per heavy atom. The van der Waals surface area contributed by atoms with Crippen LogP contribution < -0.4 is 10.1 Å². The third kappa shape index (κ3) is 3.92. The Kier molecular flexibility index (Phi) is 5.22. The van der Waals surface area contributed by atoms with Crippen LogP contribution in [-0.4, -0.2) is 18.0 Å². The molecule has 0 saturated heterocycles. The van der Waals surface area contributed by atoms with Crippen molar-refractivity contribution in [2.24, 2.45) is 0 Å². The summed E-state index contributed by atoms with van der Waals surface area (Å²) >= 11 is 12.2. The summed E-state index contributed by atoms with van der Waals surface area (Å²) in [5, 5.41) is 3.79. The average Bonchev–Trinajstić information content (AvgIpc) is 2.62. The van der Waals surface area contributed by atoms with E-state index in [1.54, 1.807) is 48.7 Å². The molecular formula is C19H14Cl2N2O2. The number of aromatic nitrogens is 1. The molecule has 0 atom stereocenters. The number of amides is 1. The van der Waals surface area contributed by atoms with Crippen molar-refractivity contribution < 1.29 is 9.53 Å². The topological polar surface area (TPSA) is 51.2 Å². The molecule has 0 bridgehead atoms. The first-order valence-corrected chi connectivity index (χ1v) is 8.20. The van der Waals surface area contributed by atoms with Crippen molar-refractivity contribution in [1.82, 2.24) is 4.98 Å². The van der Waals surface area contributed by atoms with Gasteiger partial charge in [0.15, 0.2) is 0 Å². The van der Waals surface area contributed by atoms with Gasteiger partial charge in [0.05, 0.1) is 22.8 Å². The standard InChI is InChI=1S/C19H14Cl2N2O2/c1-25-17-9-8-14(11-16(17)21)23-19(24)13-6-4-12(5-7-13)18-15(20)3-2-10-22-18/h2-11H,1H3,(H,23,24). The Bertz CT molecular complexity index is 912. The normalized spacial score (nSPS) is 10.4. The summed E-state index contributed by atoms with van der Waals surface area (Å²) < 4.78 is 5.09. The zero-order chi connectivity index (χ0) is 17.8. The molecule has 3 rings (SSSR count). The van der Waals surface area contributed by atoms with Crippen LogP contribution in [0.4, 0.5) is 5.69 Å². The largest absolute Gasteiger partial charge is 0.495 e. The lowest BCUT2D eigenvalue weighted by Gasteiger charge is -2.09. The van der Waals surface area contributed by atoms with E-state index in [9.17, 15) is 4.79 Å². The smallest absolute Gasteiger partial charge is 0.255 e. The maximum atomic E-state index is 12.4. The van der Waals surface area contributed by atoms with E-state index in [2.05, 4.69) is 10.3 Å². The van der Waals surface area contributed by atoms with E-state index in [4.69, 9.17) is 27.9 Å². The van der Waals surface area contributed by atoms with Gasteiger partial charge in [-0.1, -0.05) is 35.3 Å². The van der Waals surface area contributed by atoms with Crippen LogP contribution >= 0.6 is 23.2 Å². The fourth-order valence-corrected chi connectivity index (χ4v) is 2.81. The lowest BCUT2D eigenvalue weighted by Crippen LogP contribution is -2.11. The van der Waals surface area contributed by atoms with Crippen molar-refractivity contribution in [3.63, 3.8) is 0 Å². The average molecular weight is 373 g/mol. The molecule has 0 aliphatic carbocycles. The minimum atomic E-state index is -0.236. The number of nitrogens with one attached hydrogen (secondary N) is 1. The summed E-state index contributed by atoms with van der Waals surface area (Å²) in [7, 11) is 1.54. The first-order chi connectivity index (χ1) is 12.1. The molecule has 0 aliphatic rings. The lowest BCUT2D eigenvalue weighted by atomic mass is 10.1. The highest BCUT2D eigenvalue weighted by molar-refractivity contribution is 6.33. The van der Waals surface area contributed by atoms with E-state index in [-0.39, 0.29) is 5.91 Å². The van der Waals surface area contributed by atoms with E-state index in [0.717, 1.165) is 5.56 Å². The molecule has 3 aromatic rings. The van der Waals surface area contributed by atoms with Gasteiger partial charge in [-0.25, -0.2) is 0 Å². The summed E-state index contributed by atoms with van der Waals surface area (Å²) in [4.78, 5) is 16.6. The number of hydrogen-bond acceptors (Lipinski definition) is 3. The van der Waals surface area contributed by atoms with Gasteiger partial charge in [-0.2, -0.15) is 0 Å². The van der Waals surface area contributed by atoms with Gasteiger partial charge in [-0.15, -0.1) is 0 Å². The highest BCUT2D eigenvalue weighted by Gasteiger charge is 2.10. The number of carbonyl (C=O) groups is 1. The molecule has 0 spiro atoms. The SMILES string of the molecule is COc1ccc(NC(=O)c2ccc(-c3ncccc3Cl)cc2)cc1Cl. The molecule has 0 fully saturated rings. The van der Waals surface area contributed by atoms with Crippen molar-refractivity contribution in [2.75, 3.05) is 12.4 Å². The van der Waals surface area contributed by atoms with Gasteiger partial charge in [-0.3, -0.25) is 9.78 Å². The molecule has 0 radical (unpaired) electrons. The van der Waals surface area contributed by atoms with Crippen LogP contribution in [0.2, 0.25) is 10.0 Å². The fourth-order valence-electron chi connectivity index (χ4n) is 2.32. The van der Waals surface area contributed by atoms with Crippen LogP contribution in [0.15, 0.2) is 60.8 Å². The highest BCUT2D eigenvalue weighted by atomic mass is 35.5. The Labute approximate surface area is 155 Å². The van der Waals surface area contributed by atoms with Crippen LogP contribution in [0.25, 0.3) is 11.3 Å². The van der Waals surface area contributed by atoms with E-state index >= 15 is 0 Å². The van der Waals surface area contributed by atoms with Gasteiger partial charge < -0.3 is 10.1 Å². The van der Waals surface area contributed by atoms with Gasteiger partial charge in [0.25, 0.3) is 5.91 Å². The molecule has 1 heterocycles. The number of carbonyl (C=O) groups excluding carboxylic acids is 1. The Morgan fingerprint density at radius 2 is 1.80 bits per heavy atom. The third-order valence-corrected chi connectivity index (χ3v) is 4.19. The van der Waals surface area contributed by atoms with Crippen LogP contribution in [-0.2, 0) is 0 Å². The lowest BCUT2D eigenvalue weighted by molar-refractivity contribution is 0.102. The van der Waals surface area contributed by atoms with Gasteiger partial charge in [0.2, 0.25) is 0 Å². The number of methoxy groups -OCH3 is 1. The second-order valence-corrected chi connectivity index (χ2v) is 6.03. The molecule has 1 amide bonds. The van der Waals surface area contributed by atoms with Crippen molar-refractivity contribution >= 4 is 34.8 Å². The van der Waals surface area contributed by atoms with Crippen LogP contribution in [0.5, 0.6) is 5.75 Å².